The van der Waals surface area contributed by atoms with E-state index in [-0.39, 0.29) is 23.9 Å². The second kappa shape index (κ2) is 7.10. The molecule has 0 unspecified atom stereocenters. The van der Waals surface area contributed by atoms with Gasteiger partial charge in [0, 0.05) is 34.3 Å². The number of non-ortho nitro benzene ring substituents is 1. The average molecular weight is 412 g/mol. The zero-order chi connectivity index (χ0) is 21.5. The number of anilines is 1. The minimum absolute atomic E-state index is 0.0685. The first-order valence-electron chi connectivity index (χ1n) is 9.56. The molecule has 3 N–H and O–H groups in total. The summed E-state index contributed by atoms with van der Waals surface area (Å²) in [5.41, 5.74) is 4.26. The van der Waals surface area contributed by atoms with Crippen LogP contribution in [0.1, 0.15) is 16.7 Å². The van der Waals surface area contributed by atoms with Crippen LogP contribution in [0.15, 0.2) is 71.7 Å². The number of H-pyrrole nitrogens is 1. The summed E-state index contributed by atoms with van der Waals surface area (Å²) in [6.45, 7) is 0. The van der Waals surface area contributed by atoms with E-state index < -0.39 is 4.92 Å². The molecule has 152 valence electrons. The maximum atomic E-state index is 11.7. The maximum Gasteiger partial charge on any atom is 0.270 e. The molecule has 31 heavy (non-hydrogen) atoms. The van der Waals surface area contributed by atoms with Gasteiger partial charge < -0.3 is 15.4 Å². The Labute approximate surface area is 176 Å². The first-order valence-corrected chi connectivity index (χ1v) is 9.56. The van der Waals surface area contributed by atoms with E-state index in [9.17, 15) is 20.0 Å². The topological polar surface area (TPSA) is 121 Å². The van der Waals surface area contributed by atoms with Crippen molar-refractivity contribution in [1.82, 2.24) is 4.98 Å². The molecule has 0 fully saturated rings. The highest BCUT2D eigenvalue weighted by atomic mass is 16.6. The number of amides is 1. The molecule has 8 heteroatoms. The number of carbonyl (C=O) groups excluding carboxylic acids is 1. The summed E-state index contributed by atoms with van der Waals surface area (Å²) in [6.07, 6.45) is 0.282. The monoisotopic (exact) mass is 412 g/mol. The molecule has 0 bridgehead atoms. The Kier molecular flexibility index (Phi) is 4.25. The standard InChI is InChI=1S/C23H16N4O4/c28-20-11-14-10-15(6-8-18(14)25-20)24-22(13-4-2-1-3-5-13)21-17-12-16(27(30)31)7-9-19(17)26-23(21)29/h1-10,12,26,29H,11H2,(H,25,28). The highest BCUT2D eigenvalue weighted by Crippen LogP contribution is 2.34. The van der Waals surface area contributed by atoms with Gasteiger partial charge in [-0.25, -0.2) is 4.99 Å². The second-order valence-corrected chi connectivity index (χ2v) is 7.23. The number of nitro groups is 1. The summed E-state index contributed by atoms with van der Waals surface area (Å²) in [5, 5.41) is 25.3. The number of nitrogens with one attached hydrogen (secondary N) is 2. The molecular formula is C23H16N4O4. The van der Waals surface area contributed by atoms with Crippen molar-refractivity contribution in [1.29, 1.82) is 0 Å². The van der Waals surface area contributed by atoms with Gasteiger partial charge in [0.1, 0.15) is 0 Å². The van der Waals surface area contributed by atoms with E-state index in [0.717, 1.165) is 16.8 Å². The van der Waals surface area contributed by atoms with Crippen molar-refractivity contribution in [2.75, 3.05) is 5.32 Å². The molecule has 0 saturated heterocycles. The zero-order valence-electron chi connectivity index (χ0n) is 16.1. The normalized spacial score (nSPS) is 13.3. The van der Waals surface area contributed by atoms with Crippen LogP contribution in [0.3, 0.4) is 0 Å². The van der Waals surface area contributed by atoms with Gasteiger partial charge in [-0.05, 0) is 29.8 Å². The van der Waals surface area contributed by atoms with Crippen LogP contribution < -0.4 is 5.32 Å². The van der Waals surface area contributed by atoms with Crippen molar-refractivity contribution >= 4 is 39.6 Å². The van der Waals surface area contributed by atoms with E-state index >= 15 is 0 Å². The molecule has 0 atom stereocenters. The van der Waals surface area contributed by atoms with Crippen LogP contribution in [-0.2, 0) is 11.2 Å². The average Bonchev–Trinajstić information content (AvgIpc) is 3.29. The highest BCUT2D eigenvalue weighted by molar-refractivity contribution is 6.22. The van der Waals surface area contributed by atoms with Crippen LogP contribution in [0.5, 0.6) is 5.88 Å². The number of aromatic hydroxyl groups is 1. The molecule has 2 heterocycles. The van der Waals surface area contributed by atoms with Crippen LogP contribution in [0.25, 0.3) is 10.9 Å². The Morgan fingerprint density at radius 3 is 2.65 bits per heavy atom. The fraction of sp³-hybridized carbons (Fsp3) is 0.0435. The molecule has 0 aliphatic carbocycles. The minimum Gasteiger partial charge on any atom is -0.494 e. The predicted molar refractivity (Wildman–Crippen MR) is 117 cm³/mol. The lowest BCUT2D eigenvalue weighted by Crippen LogP contribution is -2.03. The number of benzene rings is 3. The molecule has 1 aliphatic rings. The van der Waals surface area contributed by atoms with Crippen molar-refractivity contribution in [2.24, 2.45) is 4.99 Å². The number of hydrogen-bond acceptors (Lipinski definition) is 5. The van der Waals surface area contributed by atoms with Crippen molar-refractivity contribution in [2.45, 2.75) is 6.42 Å². The van der Waals surface area contributed by atoms with Gasteiger partial charge in [-0.1, -0.05) is 30.3 Å². The summed E-state index contributed by atoms with van der Waals surface area (Å²) >= 11 is 0. The van der Waals surface area contributed by atoms with Crippen LogP contribution in [0, 0.1) is 10.1 Å². The molecule has 5 rings (SSSR count). The van der Waals surface area contributed by atoms with Crippen molar-refractivity contribution in [3.63, 3.8) is 0 Å². The largest absolute Gasteiger partial charge is 0.494 e. The Morgan fingerprint density at radius 1 is 1.06 bits per heavy atom. The Balaban J connectivity index is 1.74. The summed E-state index contributed by atoms with van der Waals surface area (Å²) in [5.74, 6) is -0.197. The predicted octanol–water partition coefficient (Wildman–Crippen LogP) is 4.45. The molecule has 1 amide bonds. The van der Waals surface area contributed by atoms with Gasteiger partial charge in [-0.15, -0.1) is 0 Å². The summed E-state index contributed by atoms with van der Waals surface area (Å²) in [7, 11) is 0. The molecular weight excluding hydrogens is 396 g/mol. The van der Waals surface area contributed by atoms with Gasteiger partial charge in [0.2, 0.25) is 5.91 Å². The van der Waals surface area contributed by atoms with Crippen molar-refractivity contribution in [3.05, 3.63) is 93.5 Å². The molecule has 8 nitrogen and oxygen atoms in total. The first-order chi connectivity index (χ1) is 15.0. The third-order valence-electron chi connectivity index (χ3n) is 5.21. The van der Waals surface area contributed by atoms with Gasteiger partial charge in [0.15, 0.2) is 5.88 Å². The van der Waals surface area contributed by atoms with Crippen LogP contribution >= 0.6 is 0 Å². The van der Waals surface area contributed by atoms with Gasteiger partial charge >= 0.3 is 0 Å². The van der Waals surface area contributed by atoms with E-state index in [0.29, 0.717) is 27.9 Å². The van der Waals surface area contributed by atoms with E-state index in [1.165, 1.54) is 12.1 Å². The van der Waals surface area contributed by atoms with Crippen molar-refractivity contribution < 1.29 is 14.8 Å². The number of nitrogens with zero attached hydrogens (tertiary/aromatic N) is 2. The van der Waals surface area contributed by atoms with Gasteiger partial charge in [0.05, 0.1) is 28.3 Å². The van der Waals surface area contributed by atoms with E-state index in [1.807, 2.05) is 36.4 Å². The molecule has 3 aromatic carbocycles. The molecule has 0 saturated carbocycles. The lowest BCUT2D eigenvalue weighted by molar-refractivity contribution is -0.384. The van der Waals surface area contributed by atoms with E-state index in [1.54, 1.807) is 18.2 Å². The summed E-state index contributed by atoms with van der Waals surface area (Å²) < 4.78 is 0. The Hall–Kier alpha value is -4.46. The highest BCUT2D eigenvalue weighted by Gasteiger charge is 2.22. The molecule has 4 aromatic rings. The molecule has 0 radical (unpaired) electrons. The number of nitro benzene ring substituents is 1. The first kappa shape index (κ1) is 18.6. The molecule has 1 aliphatic heterocycles. The van der Waals surface area contributed by atoms with Crippen LogP contribution in [0.2, 0.25) is 0 Å². The smallest absolute Gasteiger partial charge is 0.270 e. The van der Waals surface area contributed by atoms with Gasteiger partial charge in [-0.3, -0.25) is 14.9 Å². The van der Waals surface area contributed by atoms with E-state index in [4.69, 9.17) is 4.99 Å². The summed E-state index contributed by atoms with van der Waals surface area (Å²) in [6, 6.07) is 19.0. The minimum atomic E-state index is -0.475. The lowest BCUT2D eigenvalue weighted by atomic mass is 10.0. The quantitative estimate of drug-likeness (QED) is 0.261. The fourth-order valence-electron chi connectivity index (χ4n) is 3.79. The van der Waals surface area contributed by atoms with E-state index in [2.05, 4.69) is 10.3 Å². The van der Waals surface area contributed by atoms with Crippen LogP contribution in [0.4, 0.5) is 17.1 Å². The zero-order valence-corrected chi connectivity index (χ0v) is 16.1. The number of aliphatic imine (C=N–C) groups is 1. The lowest BCUT2D eigenvalue weighted by Gasteiger charge is -2.08. The Morgan fingerprint density at radius 2 is 1.87 bits per heavy atom. The number of carbonyl (C=O) groups is 1. The number of rotatable bonds is 4. The SMILES string of the molecule is O=C1Cc2cc(N=C(c3ccccc3)c3c(O)[nH]c4ccc([N+](=O)[O-])cc34)ccc2N1. The van der Waals surface area contributed by atoms with Gasteiger partial charge in [0.25, 0.3) is 5.69 Å². The fourth-order valence-corrected chi connectivity index (χ4v) is 3.79. The number of hydrogen-bond donors (Lipinski definition) is 3. The molecule has 1 aromatic heterocycles. The number of aromatic nitrogens is 1. The number of fused-ring (bicyclic) bond motifs is 2. The number of aromatic amines is 1. The van der Waals surface area contributed by atoms with Gasteiger partial charge in [-0.2, -0.15) is 0 Å². The van der Waals surface area contributed by atoms with Crippen LogP contribution in [-0.4, -0.2) is 26.6 Å². The Bertz CT molecular complexity index is 1390. The third-order valence-corrected chi connectivity index (χ3v) is 5.21. The third kappa shape index (κ3) is 3.29. The second-order valence-electron chi connectivity index (χ2n) is 7.23. The van der Waals surface area contributed by atoms with Crippen molar-refractivity contribution in [3.8, 4) is 5.88 Å². The molecule has 0 spiro atoms. The maximum absolute atomic E-state index is 11.7. The summed E-state index contributed by atoms with van der Waals surface area (Å²) in [4.78, 5) is 30.2.